The summed E-state index contributed by atoms with van der Waals surface area (Å²) in [5, 5.41) is 13.3. The monoisotopic (exact) mass is 326 g/mol. The number of hydrogen-bond donors (Lipinski definition) is 2. The average Bonchev–Trinajstić information content (AvgIpc) is 2.36. The number of aliphatic hydroxyl groups is 1. The molecule has 0 bridgehead atoms. The van der Waals surface area contributed by atoms with Crippen LogP contribution in [0.15, 0.2) is 22.9 Å². The second-order valence-electron chi connectivity index (χ2n) is 5.50. The SMILES string of the molecule is CC1CCCC(O)(CNC(=O)c2cncc(Br)c2)C1. The third kappa shape index (κ3) is 4.01. The molecule has 1 aliphatic rings. The van der Waals surface area contributed by atoms with E-state index in [0.29, 0.717) is 18.0 Å². The number of halogens is 1. The maximum Gasteiger partial charge on any atom is 0.252 e. The minimum atomic E-state index is -0.757. The number of rotatable bonds is 3. The first-order chi connectivity index (χ1) is 8.98. The zero-order valence-corrected chi connectivity index (χ0v) is 12.6. The number of carbonyl (C=O) groups is 1. The molecule has 2 unspecified atom stereocenters. The Hall–Kier alpha value is -0.940. The van der Waals surface area contributed by atoms with E-state index in [1.165, 1.54) is 6.20 Å². The van der Waals surface area contributed by atoms with Gasteiger partial charge in [-0.2, -0.15) is 0 Å². The molecule has 1 aromatic heterocycles. The van der Waals surface area contributed by atoms with E-state index in [0.717, 1.165) is 30.2 Å². The van der Waals surface area contributed by atoms with Gasteiger partial charge in [0.25, 0.3) is 5.91 Å². The summed E-state index contributed by atoms with van der Waals surface area (Å²) in [5.41, 5.74) is -0.255. The van der Waals surface area contributed by atoms with Crippen molar-refractivity contribution in [3.63, 3.8) is 0 Å². The molecule has 2 atom stereocenters. The van der Waals surface area contributed by atoms with Crippen LogP contribution in [0.3, 0.4) is 0 Å². The summed E-state index contributed by atoms with van der Waals surface area (Å²) < 4.78 is 0.769. The molecule has 1 fully saturated rings. The number of nitrogens with zero attached hydrogens (tertiary/aromatic N) is 1. The standard InChI is InChI=1S/C14H19BrN2O2/c1-10-3-2-4-14(19,6-10)9-17-13(18)11-5-12(15)8-16-7-11/h5,7-8,10,19H,2-4,6,9H2,1H3,(H,17,18). The molecule has 1 amide bonds. The van der Waals surface area contributed by atoms with E-state index in [9.17, 15) is 9.90 Å². The van der Waals surface area contributed by atoms with Crippen molar-refractivity contribution in [2.45, 2.75) is 38.2 Å². The molecule has 4 nitrogen and oxygen atoms in total. The van der Waals surface area contributed by atoms with Crippen LogP contribution in [0.25, 0.3) is 0 Å². The molecule has 0 radical (unpaired) electrons. The summed E-state index contributed by atoms with van der Waals surface area (Å²) in [4.78, 5) is 15.9. The van der Waals surface area contributed by atoms with E-state index in [2.05, 4.69) is 33.2 Å². The molecule has 2 N–H and O–H groups in total. The maximum atomic E-state index is 12.0. The predicted octanol–water partition coefficient (Wildman–Crippen LogP) is 2.52. The lowest BCUT2D eigenvalue weighted by atomic mass is 9.79. The summed E-state index contributed by atoms with van der Waals surface area (Å²) in [6, 6.07) is 1.72. The fraction of sp³-hybridized carbons (Fsp3) is 0.571. The van der Waals surface area contributed by atoms with Crippen LogP contribution in [-0.2, 0) is 0 Å². The Bertz CT molecular complexity index is 467. The van der Waals surface area contributed by atoms with Crippen LogP contribution in [0, 0.1) is 5.92 Å². The number of hydrogen-bond acceptors (Lipinski definition) is 3. The normalized spacial score (nSPS) is 27.0. The van der Waals surface area contributed by atoms with Crippen molar-refractivity contribution in [1.82, 2.24) is 10.3 Å². The second-order valence-corrected chi connectivity index (χ2v) is 6.42. The highest BCUT2D eigenvalue weighted by Gasteiger charge is 2.32. The van der Waals surface area contributed by atoms with Crippen LogP contribution in [0.5, 0.6) is 0 Å². The number of carbonyl (C=O) groups excluding carboxylic acids is 1. The first-order valence-electron chi connectivity index (χ1n) is 6.60. The average molecular weight is 327 g/mol. The Kier molecular flexibility index (Phi) is 4.58. The van der Waals surface area contributed by atoms with E-state index >= 15 is 0 Å². The molecule has 1 aromatic rings. The maximum absolute atomic E-state index is 12.0. The highest BCUT2D eigenvalue weighted by Crippen LogP contribution is 2.31. The van der Waals surface area contributed by atoms with Gasteiger partial charge in [0.2, 0.25) is 0 Å². The number of nitrogens with one attached hydrogen (secondary N) is 1. The molecule has 19 heavy (non-hydrogen) atoms. The molecular weight excluding hydrogens is 308 g/mol. The van der Waals surface area contributed by atoms with E-state index in [-0.39, 0.29) is 5.91 Å². The second kappa shape index (κ2) is 6.01. The number of aromatic nitrogens is 1. The van der Waals surface area contributed by atoms with Crippen LogP contribution in [0.4, 0.5) is 0 Å². The smallest absolute Gasteiger partial charge is 0.252 e. The molecule has 0 aliphatic heterocycles. The molecule has 1 saturated carbocycles. The highest BCUT2D eigenvalue weighted by atomic mass is 79.9. The third-order valence-corrected chi connectivity index (χ3v) is 4.05. The molecule has 0 spiro atoms. The van der Waals surface area contributed by atoms with Crippen molar-refractivity contribution in [3.8, 4) is 0 Å². The first-order valence-corrected chi connectivity index (χ1v) is 7.39. The van der Waals surface area contributed by atoms with Gasteiger partial charge >= 0.3 is 0 Å². The Morgan fingerprint density at radius 3 is 3.11 bits per heavy atom. The van der Waals surface area contributed by atoms with Crippen molar-refractivity contribution in [3.05, 3.63) is 28.5 Å². The topological polar surface area (TPSA) is 62.2 Å². The Morgan fingerprint density at radius 1 is 1.63 bits per heavy atom. The van der Waals surface area contributed by atoms with Gasteiger partial charge in [-0.3, -0.25) is 9.78 Å². The van der Waals surface area contributed by atoms with E-state index < -0.39 is 5.60 Å². The highest BCUT2D eigenvalue weighted by molar-refractivity contribution is 9.10. The summed E-state index contributed by atoms with van der Waals surface area (Å²) in [7, 11) is 0. The molecule has 0 saturated heterocycles. The van der Waals surface area contributed by atoms with Gasteiger partial charge in [-0.05, 0) is 40.8 Å². The van der Waals surface area contributed by atoms with Gasteiger partial charge in [-0.1, -0.05) is 19.8 Å². The molecule has 1 aliphatic carbocycles. The van der Waals surface area contributed by atoms with Crippen LogP contribution in [0.1, 0.15) is 43.0 Å². The predicted molar refractivity (Wildman–Crippen MR) is 76.9 cm³/mol. The lowest BCUT2D eigenvalue weighted by Crippen LogP contribution is -2.45. The van der Waals surface area contributed by atoms with E-state index in [4.69, 9.17) is 0 Å². The minimum absolute atomic E-state index is 0.194. The lowest BCUT2D eigenvalue weighted by molar-refractivity contribution is -0.0109. The van der Waals surface area contributed by atoms with E-state index in [1.54, 1.807) is 12.3 Å². The van der Waals surface area contributed by atoms with Crippen molar-refractivity contribution >= 4 is 21.8 Å². The van der Waals surface area contributed by atoms with Gasteiger partial charge in [0.1, 0.15) is 0 Å². The quantitative estimate of drug-likeness (QED) is 0.897. The molecule has 104 valence electrons. The van der Waals surface area contributed by atoms with Crippen molar-refractivity contribution in [2.75, 3.05) is 6.54 Å². The lowest BCUT2D eigenvalue weighted by Gasteiger charge is -2.35. The zero-order chi connectivity index (χ0) is 13.9. The van der Waals surface area contributed by atoms with Crippen LogP contribution in [-0.4, -0.2) is 28.1 Å². The van der Waals surface area contributed by atoms with Gasteiger partial charge in [-0.15, -0.1) is 0 Å². The largest absolute Gasteiger partial charge is 0.388 e. The Balaban J connectivity index is 1.93. The molecule has 5 heteroatoms. The van der Waals surface area contributed by atoms with Gasteiger partial charge in [0.15, 0.2) is 0 Å². The molecular formula is C14H19BrN2O2. The third-order valence-electron chi connectivity index (χ3n) is 3.61. The fourth-order valence-electron chi connectivity index (χ4n) is 2.68. The minimum Gasteiger partial charge on any atom is -0.388 e. The molecule has 1 heterocycles. The van der Waals surface area contributed by atoms with Gasteiger partial charge < -0.3 is 10.4 Å². The Morgan fingerprint density at radius 2 is 2.42 bits per heavy atom. The number of pyridine rings is 1. The van der Waals surface area contributed by atoms with Crippen LogP contribution in [0.2, 0.25) is 0 Å². The molecule has 0 aromatic carbocycles. The van der Waals surface area contributed by atoms with Gasteiger partial charge in [-0.25, -0.2) is 0 Å². The van der Waals surface area contributed by atoms with Crippen molar-refractivity contribution < 1.29 is 9.90 Å². The zero-order valence-electron chi connectivity index (χ0n) is 11.0. The summed E-state index contributed by atoms with van der Waals surface area (Å²) >= 11 is 3.28. The van der Waals surface area contributed by atoms with Crippen molar-refractivity contribution in [1.29, 1.82) is 0 Å². The van der Waals surface area contributed by atoms with Crippen LogP contribution >= 0.6 is 15.9 Å². The number of amides is 1. The first kappa shape index (κ1) is 14.5. The van der Waals surface area contributed by atoms with Gasteiger partial charge in [0.05, 0.1) is 11.2 Å². The fourth-order valence-corrected chi connectivity index (χ4v) is 3.04. The van der Waals surface area contributed by atoms with E-state index in [1.807, 2.05) is 0 Å². The Labute approximate surface area is 121 Å². The summed E-state index contributed by atoms with van der Waals surface area (Å²) in [5.74, 6) is 0.323. The van der Waals surface area contributed by atoms with Crippen molar-refractivity contribution in [2.24, 2.45) is 5.92 Å². The van der Waals surface area contributed by atoms with Gasteiger partial charge in [0, 0.05) is 23.4 Å². The van der Waals surface area contributed by atoms with Crippen LogP contribution < -0.4 is 5.32 Å². The summed E-state index contributed by atoms with van der Waals surface area (Å²) in [6.07, 6.45) is 6.84. The molecule has 2 rings (SSSR count). The summed E-state index contributed by atoms with van der Waals surface area (Å²) in [6.45, 7) is 2.45.